The lowest BCUT2D eigenvalue weighted by molar-refractivity contribution is -0.142. The van der Waals surface area contributed by atoms with Gasteiger partial charge in [-0.25, -0.2) is 0 Å². The molecule has 5 heteroatoms. The number of hydrogen-bond acceptors (Lipinski definition) is 4. The number of ether oxygens (including phenoxy) is 2. The summed E-state index contributed by atoms with van der Waals surface area (Å²) < 4.78 is 11.0. The minimum Gasteiger partial charge on any atom is -0.493 e. The molecule has 0 aliphatic carbocycles. The van der Waals surface area contributed by atoms with Gasteiger partial charge in [0.1, 0.15) is 24.7 Å². The van der Waals surface area contributed by atoms with Crippen LogP contribution < -0.4 is 9.47 Å². The van der Waals surface area contributed by atoms with Crippen molar-refractivity contribution in [3.63, 3.8) is 0 Å². The van der Waals surface area contributed by atoms with Gasteiger partial charge in [0.05, 0.1) is 12.5 Å². The van der Waals surface area contributed by atoms with Crippen molar-refractivity contribution < 1.29 is 24.5 Å². The van der Waals surface area contributed by atoms with Crippen LogP contribution in [0.5, 0.6) is 11.5 Å². The lowest BCUT2D eigenvalue weighted by Crippen LogP contribution is -2.23. The monoisotopic (exact) mass is 372 g/mol. The number of hydrogen-bond donors (Lipinski definition) is 2. The fourth-order valence-electron chi connectivity index (χ4n) is 2.64. The molecule has 146 valence electrons. The topological polar surface area (TPSA) is 76.0 Å². The summed E-state index contributed by atoms with van der Waals surface area (Å²) >= 11 is 0. The Morgan fingerprint density at radius 3 is 2.04 bits per heavy atom. The van der Waals surface area contributed by atoms with Gasteiger partial charge in [-0.15, -0.1) is 0 Å². The Morgan fingerprint density at radius 1 is 0.963 bits per heavy atom. The number of carbonyl (C=O) groups is 1. The molecule has 2 aromatic carbocycles. The molecule has 0 saturated heterocycles. The maximum Gasteiger partial charge on any atom is 0.310 e. The van der Waals surface area contributed by atoms with Crippen LogP contribution in [0.3, 0.4) is 0 Å². The van der Waals surface area contributed by atoms with Crippen molar-refractivity contribution in [2.75, 3.05) is 19.8 Å². The fraction of sp³-hybridized carbons (Fsp3) is 0.409. The Morgan fingerprint density at radius 2 is 1.52 bits per heavy atom. The molecule has 0 fully saturated rings. The summed E-state index contributed by atoms with van der Waals surface area (Å²) in [5.74, 6) is -0.213. The number of rotatable bonds is 9. The molecule has 1 atom stereocenters. The van der Waals surface area contributed by atoms with Gasteiger partial charge in [-0.2, -0.15) is 0 Å². The summed E-state index contributed by atoms with van der Waals surface area (Å²) in [6, 6.07) is 15.0. The molecule has 0 amide bonds. The molecule has 2 rings (SSSR count). The largest absolute Gasteiger partial charge is 0.493 e. The van der Waals surface area contributed by atoms with Crippen LogP contribution in [0.2, 0.25) is 0 Å². The Bertz CT molecular complexity index is 714. The highest BCUT2D eigenvalue weighted by atomic mass is 16.5. The molecule has 0 aliphatic heterocycles. The minimum atomic E-state index is -0.887. The molecule has 27 heavy (non-hydrogen) atoms. The summed E-state index contributed by atoms with van der Waals surface area (Å²) in [7, 11) is 0. The van der Waals surface area contributed by atoms with Gasteiger partial charge >= 0.3 is 5.97 Å². The number of carboxylic acids is 1. The second kappa shape index (κ2) is 9.42. The average molecular weight is 372 g/mol. The third-order valence-corrected chi connectivity index (χ3v) is 4.29. The SMILES string of the molecule is CC(C)(C)c1ccc(OC[C@H](Cc2ccc(OCCO)cc2)C(=O)O)cc1. The molecule has 0 aliphatic rings. The van der Waals surface area contributed by atoms with E-state index in [9.17, 15) is 9.90 Å². The Hall–Kier alpha value is -2.53. The van der Waals surface area contributed by atoms with Crippen LogP contribution in [-0.4, -0.2) is 36.0 Å². The van der Waals surface area contributed by atoms with E-state index < -0.39 is 11.9 Å². The molecule has 0 radical (unpaired) electrons. The normalized spacial score (nSPS) is 12.4. The molecule has 2 N–H and O–H groups in total. The van der Waals surface area contributed by atoms with Crippen LogP contribution in [0.15, 0.2) is 48.5 Å². The van der Waals surface area contributed by atoms with Crippen LogP contribution in [0.4, 0.5) is 0 Å². The van der Waals surface area contributed by atoms with E-state index in [1.165, 1.54) is 5.56 Å². The highest BCUT2D eigenvalue weighted by molar-refractivity contribution is 5.70. The zero-order valence-electron chi connectivity index (χ0n) is 16.1. The highest BCUT2D eigenvalue weighted by Crippen LogP contribution is 2.24. The van der Waals surface area contributed by atoms with Crippen LogP contribution in [0, 0.1) is 5.92 Å². The van der Waals surface area contributed by atoms with Crippen molar-refractivity contribution in [1.82, 2.24) is 0 Å². The highest BCUT2D eigenvalue weighted by Gasteiger charge is 2.19. The van der Waals surface area contributed by atoms with Gasteiger partial charge in [0.2, 0.25) is 0 Å². The van der Waals surface area contributed by atoms with E-state index in [-0.39, 0.29) is 25.2 Å². The van der Waals surface area contributed by atoms with Crippen LogP contribution in [-0.2, 0) is 16.6 Å². The Kier molecular flexibility index (Phi) is 7.25. The lowest BCUT2D eigenvalue weighted by Gasteiger charge is -2.19. The van der Waals surface area contributed by atoms with Gasteiger partial charge < -0.3 is 19.7 Å². The van der Waals surface area contributed by atoms with Gasteiger partial charge in [0.15, 0.2) is 0 Å². The Balaban J connectivity index is 1.94. The molecule has 0 unspecified atom stereocenters. The van der Waals surface area contributed by atoms with Crippen LogP contribution in [0.25, 0.3) is 0 Å². The molecular formula is C22H28O5. The van der Waals surface area contributed by atoms with E-state index in [2.05, 4.69) is 20.8 Å². The van der Waals surface area contributed by atoms with E-state index in [1.807, 2.05) is 36.4 Å². The minimum absolute atomic E-state index is 0.0447. The number of benzene rings is 2. The first kappa shape index (κ1) is 20.8. The second-order valence-corrected chi connectivity index (χ2v) is 7.54. The van der Waals surface area contributed by atoms with E-state index in [4.69, 9.17) is 14.6 Å². The first-order valence-corrected chi connectivity index (χ1v) is 9.08. The van der Waals surface area contributed by atoms with E-state index in [0.717, 1.165) is 5.56 Å². The quantitative estimate of drug-likeness (QED) is 0.702. The van der Waals surface area contributed by atoms with Crippen molar-refractivity contribution in [1.29, 1.82) is 0 Å². The zero-order chi connectivity index (χ0) is 19.9. The maximum atomic E-state index is 11.6. The molecule has 2 aromatic rings. The summed E-state index contributed by atoms with van der Waals surface area (Å²) in [6.07, 6.45) is 0.371. The van der Waals surface area contributed by atoms with Crippen molar-refractivity contribution >= 4 is 5.97 Å². The Labute approximate surface area is 160 Å². The van der Waals surface area contributed by atoms with Crippen LogP contribution in [0.1, 0.15) is 31.9 Å². The standard InChI is InChI=1S/C22H28O5/c1-22(2,3)18-6-10-20(11-7-18)27-15-17(21(24)25)14-16-4-8-19(9-5-16)26-13-12-23/h4-11,17,23H,12-15H2,1-3H3,(H,24,25)/t17-/m0/s1. The molecule has 0 bridgehead atoms. The molecule has 5 nitrogen and oxygen atoms in total. The predicted molar refractivity (Wildman–Crippen MR) is 104 cm³/mol. The van der Waals surface area contributed by atoms with Gasteiger partial charge in [0, 0.05) is 0 Å². The molecule has 0 heterocycles. The smallest absolute Gasteiger partial charge is 0.310 e. The first-order chi connectivity index (χ1) is 12.8. The second-order valence-electron chi connectivity index (χ2n) is 7.54. The van der Waals surface area contributed by atoms with Crippen molar-refractivity contribution in [3.8, 4) is 11.5 Å². The van der Waals surface area contributed by atoms with E-state index >= 15 is 0 Å². The molecular weight excluding hydrogens is 344 g/mol. The fourth-order valence-corrected chi connectivity index (χ4v) is 2.64. The van der Waals surface area contributed by atoms with E-state index in [1.54, 1.807) is 12.1 Å². The van der Waals surface area contributed by atoms with Crippen molar-refractivity contribution in [2.24, 2.45) is 5.92 Å². The number of aliphatic carboxylic acids is 1. The number of carboxylic acid groups (broad SMARTS) is 1. The summed E-state index contributed by atoms with van der Waals surface area (Å²) in [5, 5.41) is 18.3. The third-order valence-electron chi connectivity index (χ3n) is 4.29. The summed E-state index contributed by atoms with van der Waals surface area (Å²) in [6.45, 7) is 6.72. The summed E-state index contributed by atoms with van der Waals surface area (Å²) in [4.78, 5) is 11.6. The molecule has 0 spiro atoms. The van der Waals surface area contributed by atoms with E-state index in [0.29, 0.717) is 17.9 Å². The lowest BCUT2D eigenvalue weighted by atomic mass is 9.87. The third kappa shape index (κ3) is 6.61. The average Bonchev–Trinajstić information content (AvgIpc) is 2.63. The maximum absolute atomic E-state index is 11.6. The first-order valence-electron chi connectivity index (χ1n) is 9.08. The van der Waals surface area contributed by atoms with Gasteiger partial charge in [0.25, 0.3) is 0 Å². The molecule has 0 aromatic heterocycles. The van der Waals surface area contributed by atoms with Crippen molar-refractivity contribution in [3.05, 3.63) is 59.7 Å². The summed E-state index contributed by atoms with van der Waals surface area (Å²) in [5.41, 5.74) is 2.16. The van der Waals surface area contributed by atoms with Crippen LogP contribution >= 0.6 is 0 Å². The molecule has 0 saturated carbocycles. The number of aliphatic hydroxyl groups excluding tert-OH is 1. The number of aliphatic hydroxyl groups is 1. The van der Waals surface area contributed by atoms with Crippen molar-refractivity contribution in [2.45, 2.75) is 32.6 Å². The predicted octanol–water partition coefficient (Wildman–Crippen LogP) is 3.68. The van der Waals surface area contributed by atoms with Gasteiger partial charge in [-0.3, -0.25) is 4.79 Å². The zero-order valence-corrected chi connectivity index (χ0v) is 16.1. The van der Waals surface area contributed by atoms with Gasteiger partial charge in [-0.1, -0.05) is 45.0 Å². The van der Waals surface area contributed by atoms with Gasteiger partial charge in [-0.05, 0) is 47.2 Å².